The maximum atomic E-state index is 10.0. The van der Waals surface area contributed by atoms with Crippen molar-refractivity contribution in [1.29, 1.82) is 0 Å². The summed E-state index contributed by atoms with van der Waals surface area (Å²) in [5.41, 5.74) is 7.19. The van der Waals surface area contributed by atoms with Gasteiger partial charge in [-0.2, -0.15) is 0 Å². The van der Waals surface area contributed by atoms with E-state index in [2.05, 4.69) is 5.32 Å². The summed E-state index contributed by atoms with van der Waals surface area (Å²) in [5, 5.41) is 2.55. The Hall–Kier alpha value is -1.71. The first-order valence-electron chi connectivity index (χ1n) is 3.87. The number of carbonyl (C=O) groups is 1. The van der Waals surface area contributed by atoms with Crippen molar-refractivity contribution in [1.82, 2.24) is 5.32 Å². The summed E-state index contributed by atoms with van der Waals surface area (Å²) in [6.07, 6.45) is 0.653. The van der Waals surface area contributed by atoms with Gasteiger partial charge >= 0.3 is 0 Å². The molecule has 4 heteroatoms. The summed E-state index contributed by atoms with van der Waals surface area (Å²) >= 11 is 0. The predicted octanol–water partition coefficient (Wildman–Crippen LogP) is 0.523. The zero-order chi connectivity index (χ0) is 9.68. The van der Waals surface area contributed by atoms with E-state index >= 15 is 0 Å². The van der Waals surface area contributed by atoms with E-state index in [0.717, 1.165) is 5.56 Å². The van der Waals surface area contributed by atoms with Gasteiger partial charge in [-0.05, 0) is 17.7 Å². The van der Waals surface area contributed by atoms with Gasteiger partial charge in [-0.25, -0.2) is 0 Å². The van der Waals surface area contributed by atoms with Crippen LogP contribution in [0.3, 0.4) is 0 Å². The predicted molar refractivity (Wildman–Crippen MR) is 50.3 cm³/mol. The van der Waals surface area contributed by atoms with Crippen LogP contribution in [0.4, 0.5) is 5.69 Å². The van der Waals surface area contributed by atoms with Crippen LogP contribution in [0.15, 0.2) is 18.2 Å². The average Bonchev–Trinajstić information content (AvgIpc) is 2.15. The Bertz CT molecular complexity index is 300. The van der Waals surface area contributed by atoms with Gasteiger partial charge in [-0.15, -0.1) is 0 Å². The fourth-order valence-corrected chi connectivity index (χ4v) is 1.05. The van der Waals surface area contributed by atoms with Crippen LogP contribution in [0.1, 0.15) is 5.56 Å². The first-order chi connectivity index (χ1) is 6.27. The molecule has 0 fully saturated rings. The molecule has 0 saturated heterocycles. The number of nitrogens with one attached hydrogen (secondary N) is 1. The zero-order valence-electron chi connectivity index (χ0n) is 7.41. The molecule has 0 bridgehead atoms. The molecule has 70 valence electrons. The minimum Gasteiger partial charge on any atom is -0.495 e. The molecule has 0 aliphatic carbocycles. The molecule has 0 atom stereocenters. The number of anilines is 1. The lowest BCUT2D eigenvalue weighted by Crippen LogP contribution is -2.09. The van der Waals surface area contributed by atoms with E-state index in [1.165, 1.54) is 0 Å². The van der Waals surface area contributed by atoms with Crippen LogP contribution in [0.25, 0.3) is 0 Å². The Morgan fingerprint density at radius 2 is 2.38 bits per heavy atom. The third-order valence-electron chi connectivity index (χ3n) is 1.68. The molecule has 13 heavy (non-hydrogen) atoms. The van der Waals surface area contributed by atoms with Gasteiger partial charge in [-0.1, -0.05) is 6.07 Å². The molecule has 3 N–H and O–H groups in total. The quantitative estimate of drug-likeness (QED) is 0.524. The second-order valence-corrected chi connectivity index (χ2v) is 2.58. The second kappa shape index (κ2) is 4.35. The Labute approximate surface area is 76.7 Å². The molecule has 1 aromatic rings. The molecule has 0 saturated carbocycles. The summed E-state index contributed by atoms with van der Waals surface area (Å²) in [6.45, 7) is 0.484. The normalized spacial score (nSPS) is 9.31. The number of hydrogen-bond acceptors (Lipinski definition) is 3. The van der Waals surface area contributed by atoms with Gasteiger partial charge in [0.2, 0.25) is 6.41 Å². The smallest absolute Gasteiger partial charge is 0.207 e. The van der Waals surface area contributed by atoms with E-state index in [-0.39, 0.29) is 0 Å². The lowest BCUT2D eigenvalue weighted by Gasteiger charge is -2.06. The second-order valence-electron chi connectivity index (χ2n) is 2.58. The molecular formula is C9H12N2O2. The average molecular weight is 180 g/mol. The lowest BCUT2D eigenvalue weighted by molar-refractivity contribution is -0.109. The van der Waals surface area contributed by atoms with Gasteiger partial charge in [-0.3, -0.25) is 4.79 Å². The molecule has 0 unspecified atom stereocenters. The molecular weight excluding hydrogens is 168 g/mol. The summed E-state index contributed by atoms with van der Waals surface area (Å²) in [4.78, 5) is 10.0. The van der Waals surface area contributed by atoms with E-state index in [1.807, 2.05) is 6.07 Å². The molecule has 0 radical (unpaired) electrons. The van der Waals surface area contributed by atoms with Crippen LogP contribution in [-0.2, 0) is 11.3 Å². The molecule has 0 aliphatic rings. The van der Waals surface area contributed by atoms with Crippen molar-refractivity contribution in [2.24, 2.45) is 0 Å². The van der Waals surface area contributed by atoms with E-state index < -0.39 is 0 Å². The summed E-state index contributed by atoms with van der Waals surface area (Å²) in [7, 11) is 1.56. The number of nitrogens with two attached hydrogens (primary N) is 1. The fourth-order valence-electron chi connectivity index (χ4n) is 1.05. The lowest BCUT2D eigenvalue weighted by atomic mass is 10.2. The van der Waals surface area contributed by atoms with Crippen molar-refractivity contribution < 1.29 is 9.53 Å². The Morgan fingerprint density at radius 1 is 1.62 bits per heavy atom. The van der Waals surface area contributed by atoms with Crippen molar-refractivity contribution >= 4 is 12.1 Å². The maximum absolute atomic E-state index is 10.0. The van der Waals surface area contributed by atoms with Crippen molar-refractivity contribution in [3.63, 3.8) is 0 Å². The standard InChI is InChI=1S/C9H12N2O2/c1-13-9-3-2-7(4-8(9)10)5-11-6-12/h2-4,6H,5,10H2,1H3,(H,11,12). The first kappa shape index (κ1) is 9.38. The number of methoxy groups -OCH3 is 1. The van der Waals surface area contributed by atoms with E-state index in [1.54, 1.807) is 19.2 Å². The van der Waals surface area contributed by atoms with Crippen LogP contribution < -0.4 is 15.8 Å². The van der Waals surface area contributed by atoms with Crippen LogP contribution >= 0.6 is 0 Å². The molecule has 4 nitrogen and oxygen atoms in total. The number of benzene rings is 1. The topological polar surface area (TPSA) is 64.3 Å². The van der Waals surface area contributed by atoms with Crippen LogP contribution in [0, 0.1) is 0 Å². The van der Waals surface area contributed by atoms with Gasteiger partial charge < -0.3 is 15.8 Å². The minimum absolute atomic E-state index is 0.484. The monoisotopic (exact) mass is 180 g/mol. The van der Waals surface area contributed by atoms with Crippen molar-refractivity contribution in [2.75, 3.05) is 12.8 Å². The molecule has 1 aromatic carbocycles. The number of rotatable bonds is 4. The highest BCUT2D eigenvalue weighted by molar-refractivity contribution is 5.55. The minimum atomic E-state index is 0.484. The number of ether oxygens (including phenoxy) is 1. The molecule has 1 rings (SSSR count). The van der Waals surface area contributed by atoms with E-state index in [0.29, 0.717) is 24.4 Å². The third kappa shape index (κ3) is 2.37. The molecule has 0 heterocycles. The van der Waals surface area contributed by atoms with Crippen molar-refractivity contribution in [3.05, 3.63) is 23.8 Å². The highest BCUT2D eigenvalue weighted by atomic mass is 16.5. The Morgan fingerprint density at radius 3 is 2.92 bits per heavy atom. The SMILES string of the molecule is COc1ccc(CNC=O)cc1N. The number of amides is 1. The van der Waals surface area contributed by atoms with Crippen LogP contribution in [-0.4, -0.2) is 13.5 Å². The third-order valence-corrected chi connectivity index (χ3v) is 1.68. The van der Waals surface area contributed by atoms with Gasteiger partial charge in [0.15, 0.2) is 0 Å². The summed E-state index contributed by atoms with van der Waals surface area (Å²) < 4.78 is 4.99. The van der Waals surface area contributed by atoms with Gasteiger partial charge in [0.1, 0.15) is 5.75 Å². The highest BCUT2D eigenvalue weighted by Gasteiger charge is 1.99. The highest BCUT2D eigenvalue weighted by Crippen LogP contribution is 2.21. The van der Waals surface area contributed by atoms with Gasteiger partial charge in [0, 0.05) is 6.54 Å². The van der Waals surface area contributed by atoms with Gasteiger partial charge in [0.05, 0.1) is 12.8 Å². The number of hydrogen-bond donors (Lipinski definition) is 2. The van der Waals surface area contributed by atoms with E-state index in [9.17, 15) is 4.79 Å². The molecule has 0 aromatic heterocycles. The Kier molecular flexibility index (Phi) is 3.14. The van der Waals surface area contributed by atoms with E-state index in [4.69, 9.17) is 10.5 Å². The molecule has 1 amide bonds. The maximum Gasteiger partial charge on any atom is 0.207 e. The Balaban J connectivity index is 2.76. The van der Waals surface area contributed by atoms with Crippen LogP contribution in [0.2, 0.25) is 0 Å². The van der Waals surface area contributed by atoms with Crippen molar-refractivity contribution in [3.8, 4) is 5.75 Å². The first-order valence-corrected chi connectivity index (χ1v) is 3.87. The zero-order valence-corrected chi connectivity index (χ0v) is 7.41. The number of nitrogen functional groups attached to an aromatic ring is 1. The fraction of sp³-hybridized carbons (Fsp3) is 0.222. The summed E-state index contributed by atoms with van der Waals surface area (Å²) in [5.74, 6) is 0.648. The van der Waals surface area contributed by atoms with Gasteiger partial charge in [0.25, 0.3) is 0 Å². The largest absolute Gasteiger partial charge is 0.495 e. The van der Waals surface area contributed by atoms with Crippen molar-refractivity contribution in [2.45, 2.75) is 6.54 Å². The summed E-state index contributed by atoms with van der Waals surface area (Å²) in [6, 6.07) is 5.40. The number of carbonyl (C=O) groups excluding carboxylic acids is 1. The molecule has 0 aliphatic heterocycles. The molecule has 0 spiro atoms. The van der Waals surface area contributed by atoms with Crippen LogP contribution in [0.5, 0.6) is 5.75 Å².